The molecule has 1 saturated heterocycles. The minimum atomic E-state index is 0.0624. The van der Waals surface area contributed by atoms with Crippen LogP contribution < -0.4 is 5.32 Å². The molecule has 3 heterocycles. The van der Waals surface area contributed by atoms with Gasteiger partial charge in [-0.3, -0.25) is 9.79 Å². The Balaban J connectivity index is 1.30. The van der Waals surface area contributed by atoms with Crippen LogP contribution in [0.15, 0.2) is 47.6 Å². The van der Waals surface area contributed by atoms with Crippen LogP contribution in [0.3, 0.4) is 0 Å². The summed E-state index contributed by atoms with van der Waals surface area (Å²) < 4.78 is 5.88. The van der Waals surface area contributed by atoms with E-state index in [0.29, 0.717) is 17.6 Å². The molecule has 220 valence electrons. The number of hydrogen-bond donors (Lipinski definition) is 2. The van der Waals surface area contributed by atoms with Gasteiger partial charge >= 0.3 is 0 Å². The molecule has 41 heavy (non-hydrogen) atoms. The quantitative estimate of drug-likeness (QED) is 0.182. The molecule has 9 heteroatoms. The number of nitrogens with zero attached hydrogens (tertiary/aromatic N) is 5. The standard InChI is InChI=1S/C32H45N7O2/c1-5-9-28(33-6-2)29-12-16-34-32(37-29)35-26-10-11-27-25(22-26)23-30(36-27)31(40)39-17-13-24(14-18-39)15-20-41-21-19-38(7-3)8-4/h6,9-12,16,22-24,36H,5,7-8,13-15,17-21H2,1-4H3,(H,34,35,37)/b28-9-,33-6?. The average molecular weight is 560 g/mol. The van der Waals surface area contributed by atoms with E-state index in [2.05, 4.69) is 50.9 Å². The van der Waals surface area contributed by atoms with Gasteiger partial charge < -0.3 is 24.8 Å². The molecule has 4 rings (SSSR count). The number of nitrogens with one attached hydrogen (secondary N) is 2. The fourth-order valence-corrected chi connectivity index (χ4v) is 5.25. The largest absolute Gasteiger partial charge is 0.380 e. The molecule has 0 atom stereocenters. The summed E-state index contributed by atoms with van der Waals surface area (Å²) in [6.07, 6.45) is 9.53. The zero-order valence-corrected chi connectivity index (χ0v) is 25.0. The van der Waals surface area contributed by atoms with Crippen molar-refractivity contribution < 1.29 is 9.53 Å². The Labute approximate surface area is 244 Å². The van der Waals surface area contributed by atoms with E-state index < -0.39 is 0 Å². The van der Waals surface area contributed by atoms with Gasteiger partial charge in [0.15, 0.2) is 0 Å². The third kappa shape index (κ3) is 8.47. The minimum absolute atomic E-state index is 0.0624. The summed E-state index contributed by atoms with van der Waals surface area (Å²) in [4.78, 5) is 34.4. The van der Waals surface area contributed by atoms with Crippen LogP contribution in [0.1, 0.15) is 69.6 Å². The summed E-state index contributed by atoms with van der Waals surface area (Å²) in [5.74, 6) is 1.18. The Hall–Kier alpha value is -3.56. The fraction of sp³-hybridized carbons (Fsp3) is 0.500. The lowest BCUT2D eigenvalue weighted by Crippen LogP contribution is -2.38. The Bertz CT molecular complexity index is 1320. The molecule has 9 nitrogen and oxygen atoms in total. The molecule has 1 amide bonds. The number of piperidine rings is 1. The number of hydrogen-bond acceptors (Lipinski definition) is 7. The van der Waals surface area contributed by atoms with E-state index in [0.717, 1.165) is 99.6 Å². The number of carbonyl (C=O) groups excluding carboxylic acids is 1. The first kappa shape index (κ1) is 30.4. The van der Waals surface area contributed by atoms with E-state index in [1.54, 1.807) is 12.4 Å². The molecule has 1 aromatic carbocycles. The van der Waals surface area contributed by atoms with E-state index in [1.807, 2.05) is 48.2 Å². The number of aromatic amines is 1. The first-order chi connectivity index (χ1) is 20.0. The number of likely N-dealkylation sites (tertiary alicyclic amines) is 1. The zero-order valence-electron chi connectivity index (χ0n) is 25.0. The van der Waals surface area contributed by atoms with Gasteiger partial charge in [-0.05, 0) is 81.9 Å². The lowest BCUT2D eigenvalue weighted by Gasteiger charge is -2.31. The monoisotopic (exact) mass is 559 g/mol. The van der Waals surface area contributed by atoms with Gasteiger partial charge in [-0.15, -0.1) is 0 Å². The maximum atomic E-state index is 13.3. The van der Waals surface area contributed by atoms with E-state index in [-0.39, 0.29) is 5.91 Å². The Morgan fingerprint density at radius 2 is 1.98 bits per heavy atom. The van der Waals surface area contributed by atoms with Crippen molar-refractivity contribution >= 4 is 40.4 Å². The Morgan fingerprint density at radius 1 is 1.17 bits per heavy atom. The summed E-state index contributed by atoms with van der Waals surface area (Å²) >= 11 is 0. The molecule has 0 bridgehead atoms. The minimum Gasteiger partial charge on any atom is -0.380 e. The number of allylic oxidation sites excluding steroid dienone is 1. The summed E-state index contributed by atoms with van der Waals surface area (Å²) in [6.45, 7) is 14.6. The number of ether oxygens (including phenoxy) is 1. The molecular formula is C32H45N7O2. The molecule has 1 fully saturated rings. The van der Waals surface area contributed by atoms with Gasteiger partial charge in [0.1, 0.15) is 5.69 Å². The molecule has 0 saturated carbocycles. The first-order valence-corrected chi connectivity index (χ1v) is 15.1. The lowest BCUT2D eigenvalue weighted by molar-refractivity contribution is 0.0628. The van der Waals surface area contributed by atoms with Crippen LogP contribution in [0.5, 0.6) is 0 Å². The molecule has 0 spiro atoms. The van der Waals surface area contributed by atoms with Crippen molar-refractivity contribution in [2.24, 2.45) is 10.9 Å². The topological polar surface area (TPSA) is 98.7 Å². The van der Waals surface area contributed by atoms with Crippen molar-refractivity contribution in [3.63, 3.8) is 0 Å². The number of fused-ring (bicyclic) bond motifs is 1. The predicted molar refractivity (Wildman–Crippen MR) is 168 cm³/mol. The van der Waals surface area contributed by atoms with Gasteiger partial charge in [0.05, 0.1) is 18.0 Å². The van der Waals surface area contributed by atoms with Crippen LogP contribution in [-0.4, -0.2) is 82.8 Å². The van der Waals surface area contributed by atoms with E-state index in [9.17, 15) is 4.79 Å². The number of likely N-dealkylation sites (N-methyl/N-ethyl adjacent to an activating group) is 1. The van der Waals surface area contributed by atoms with Crippen LogP contribution in [-0.2, 0) is 4.74 Å². The van der Waals surface area contributed by atoms with Crippen LogP contribution in [0, 0.1) is 5.92 Å². The van der Waals surface area contributed by atoms with Gasteiger partial charge in [0, 0.05) is 55.2 Å². The highest BCUT2D eigenvalue weighted by Gasteiger charge is 2.24. The van der Waals surface area contributed by atoms with Crippen molar-refractivity contribution in [2.75, 3.05) is 51.3 Å². The second-order valence-electron chi connectivity index (χ2n) is 10.4. The third-order valence-corrected chi connectivity index (χ3v) is 7.71. The maximum Gasteiger partial charge on any atom is 0.270 e. The molecule has 1 aliphatic heterocycles. The number of carbonyl (C=O) groups is 1. The molecule has 0 unspecified atom stereocenters. The molecule has 2 aromatic heterocycles. The highest BCUT2D eigenvalue weighted by atomic mass is 16.5. The van der Waals surface area contributed by atoms with Gasteiger partial charge in [0.2, 0.25) is 5.95 Å². The summed E-state index contributed by atoms with van der Waals surface area (Å²) in [6, 6.07) is 9.75. The fourth-order valence-electron chi connectivity index (χ4n) is 5.25. The summed E-state index contributed by atoms with van der Waals surface area (Å²) in [5, 5.41) is 4.26. The van der Waals surface area contributed by atoms with Crippen molar-refractivity contribution in [3.05, 3.63) is 54.0 Å². The van der Waals surface area contributed by atoms with Crippen molar-refractivity contribution in [1.82, 2.24) is 24.8 Å². The maximum absolute atomic E-state index is 13.3. The first-order valence-electron chi connectivity index (χ1n) is 15.1. The van der Waals surface area contributed by atoms with Crippen molar-refractivity contribution in [1.29, 1.82) is 0 Å². The average Bonchev–Trinajstić information content (AvgIpc) is 3.42. The normalized spacial score (nSPS) is 15.0. The van der Waals surface area contributed by atoms with Crippen LogP contribution in [0.25, 0.3) is 16.6 Å². The molecule has 0 radical (unpaired) electrons. The van der Waals surface area contributed by atoms with Crippen molar-refractivity contribution in [2.45, 2.75) is 53.4 Å². The number of amides is 1. The number of H-pyrrole nitrogens is 1. The van der Waals surface area contributed by atoms with E-state index >= 15 is 0 Å². The summed E-state index contributed by atoms with van der Waals surface area (Å²) in [7, 11) is 0. The second kappa shape index (κ2) is 15.4. The zero-order chi connectivity index (χ0) is 29.0. The molecule has 2 N–H and O–H groups in total. The van der Waals surface area contributed by atoms with E-state index in [1.165, 1.54) is 0 Å². The van der Waals surface area contributed by atoms with Crippen LogP contribution >= 0.6 is 0 Å². The Kier molecular flexibility index (Phi) is 11.5. The van der Waals surface area contributed by atoms with Gasteiger partial charge in [0.25, 0.3) is 5.91 Å². The van der Waals surface area contributed by atoms with Crippen LogP contribution in [0.2, 0.25) is 0 Å². The number of rotatable bonds is 14. The highest BCUT2D eigenvalue weighted by molar-refractivity contribution is 5.98. The van der Waals surface area contributed by atoms with Gasteiger partial charge in [-0.1, -0.05) is 26.8 Å². The summed E-state index contributed by atoms with van der Waals surface area (Å²) in [5.41, 5.74) is 4.00. The molecule has 0 aliphatic carbocycles. The van der Waals surface area contributed by atoms with Crippen LogP contribution in [0.4, 0.5) is 11.6 Å². The number of aliphatic imine (C=N–C) groups is 1. The second-order valence-corrected chi connectivity index (χ2v) is 10.4. The van der Waals surface area contributed by atoms with Gasteiger partial charge in [-0.2, -0.15) is 0 Å². The number of aromatic nitrogens is 3. The smallest absolute Gasteiger partial charge is 0.270 e. The molecule has 3 aromatic rings. The highest BCUT2D eigenvalue weighted by Crippen LogP contribution is 2.26. The molecule has 1 aliphatic rings. The van der Waals surface area contributed by atoms with Gasteiger partial charge in [-0.25, -0.2) is 9.97 Å². The predicted octanol–water partition coefficient (Wildman–Crippen LogP) is 6.14. The number of benzene rings is 1. The Morgan fingerprint density at radius 3 is 2.71 bits per heavy atom. The SMILES string of the molecule is CC=N/C(=C\CC)c1ccnc(Nc2ccc3[nH]c(C(=O)N4CCC(CCOCCN(CC)CC)CC4)cc3c2)n1. The molecular weight excluding hydrogens is 514 g/mol. The lowest BCUT2D eigenvalue weighted by atomic mass is 9.94. The van der Waals surface area contributed by atoms with Crippen molar-refractivity contribution in [3.8, 4) is 0 Å². The third-order valence-electron chi connectivity index (χ3n) is 7.71. The van der Waals surface area contributed by atoms with E-state index in [4.69, 9.17) is 4.74 Å². The number of anilines is 2.